The highest BCUT2D eigenvalue weighted by atomic mass is 16.5. The summed E-state index contributed by atoms with van der Waals surface area (Å²) in [5.74, 6) is 2.04. The molecular weight excluding hydrogens is 200 g/mol. The van der Waals surface area contributed by atoms with Crippen molar-refractivity contribution in [2.45, 2.75) is 44.6 Å². The second-order valence-corrected chi connectivity index (χ2v) is 5.91. The van der Waals surface area contributed by atoms with Crippen molar-refractivity contribution in [1.29, 1.82) is 0 Å². The second-order valence-electron chi connectivity index (χ2n) is 5.91. The summed E-state index contributed by atoms with van der Waals surface area (Å²) >= 11 is 0. The van der Waals surface area contributed by atoms with E-state index >= 15 is 0 Å². The van der Waals surface area contributed by atoms with Crippen LogP contribution in [-0.2, 0) is 5.41 Å². The van der Waals surface area contributed by atoms with Crippen LogP contribution in [0.4, 0.5) is 0 Å². The first-order chi connectivity index (χ1) is 7.50. The zero-order valence-electron chi connectivity index (χ0n) is 10.2. The van der Waals surface area contributed by atoms with Gasteiger partial charge in [-0.25, -0.2) is 0 Å². The molecule has 0 amide bonds. The van der Waals surface area contributed by atoms with Crippen molar-refractivity contribution in [3.05, 3.63) is 23.8 Å². The third kappa shape index (κ3) is 1.48. The van der Waals surface area contributed by atoms with Crippen LogP contribution in [0.5, 0.6) is 11.5 Å². The van der Waals surface area contributed by atoms with E-state index in [1.807, 2.05) is 6.07 Å². The van der Waals surface area contributed by atoms with Crippen molar-refractivity contribution >= 4 is 0 Å². The molecule has 1 heterocycles. The summed E-state index contributed by atoms with van der Waals surface area (Å²) in [5.41, 5.74) is 1.45. The van der Waals surface area contributed by atoms with Crippen molar-refractivity contribution in [3.63, 3.8) is 0 Å². The molecule has 0 saturated heterocycles. The van der Waals surface area contributed by atoms with Gasteiger partial charge in [-0.15, -0.1) is 0 Å². The third-order valence-corrected chi connectivity index (χ3v) is 3.29. The lowest BCUT2D eigenvalue weighted by atomic mass is 9.97. The van der Waals surface area contributed by atoms with E-state index < -0.39 is 0 Å². The van der Waals surface area contributed by atoms with Crippen LogP contribution < -0.4 is 9.47 Å². The molecule has 1 aliphatic carbocycles. The fraction of sp³-hybridized carbons (Fsp3) is 0.571. The molecule has 0 bridgehead atoms. The molecule has 1 fully saturated rings. The minimum absolute atomic E-state index is 0.145. The van der Waals surface area contributed by atoms with E-state index in [2.05, 4.69) is 32.9 Å². The Labute approximate surface area is 96.6 Å². The number of fused-ring (bicyclic) bond motifs is 2. The summed E-state index contributed by atoms with van der Waals surface area (Å²) in [6.07, 6.45) is 2.48. The molecule has 1 spiro atoms. The maximum atomic E-state index is 6.04. The quantitative estimate of drug-likeness (QED) is 0.720. The number of hydrogen-bond acceptors (Lipinski definition) is 2. The van der Waals surface area contributed by atoms with Crippen molar-refractivity contribution in [2.75, 3.05) is 6.61 Å². The van der Waals surface area contributed by atoms with Crippen LogP contribution in [0, 0.1) is 0 Å². The first-order valence-corrected chi connectivity index (χ1v) is 5.96. The minimum atomic E-state index is -0.145. The van der Waals surface area contributed by atoms with Crippen molar-refractivity contribution in [1.82, 2.24) is 0 Å². The largest absolute Gasteiger partial charge is 0.492 e. The predicted molar refractivity (Wildman–Crippen MR) is 63.2 cm³/mol. The van der Waals surface area contributed by atoms with Crippen LogP contribution in [0.15, 0.2) is 18.2 Å². The Bertz CT molecular complexity index is 425. The van der Waals surface area contributed by atoms with Crippen LogP contribution in [-0.4, -0.2) is 12.2 Å². The summed E-state index contributed by atoms with van der Waals surface area (Å²) < 4.78 is 11.8. The Hall–Kier alpha value is -1.18. The summed E-state index contributed by atoms with van der Waals surface area (Å²) in [6, 6.07) is 6.14. The highest BCUT2D eigenvalue weighted by Gasteiger charge is 2.52. The van der Waals surface area contributed by atoms with Gasteiger partial charge >= 0.3 is 0 Å². The molecule has 2 aliphatic rings. The van der Waals surface area contributed by atoms with Gasteiger partial charge in [0.05, 0.1) is 6.61 Å². The second kappa shape index (κ2) is 2.93. The molecule has 0 N–H and O–H groups in total. The number of hydrogen-bond donors (Lipinski definition) is 0. The van der Waals surface area contributed by atoms with Gasteiger partial charge in [0.25, 0.3) is 0 Å². The molecule has 2 heteroatoms. The van der Waals surface area contributed by atoms with Gasteiger partial charge in [0.15, 0.2) is 0 Å². The third-order valence-electron chi connectivity index (χ3n) is 3.29. The zero-order chi connectivity index (χ0) is 11.4. The summed E-state index contributed by atoms with van der Waals surface area (Å²) in [5, 5.41) is 0. The predicted octanol–water partition coefficient (Wildman–Crippen LogP) is 3.29. The summed E-state index contributed by atoms with van der Waals surface area (Å²) in [4.78, 5) is 0. The molecule has 1 aliphatic heterocycles. The fourth-order valence-corrected chi connectivity index (χ4v) is 2.40. The molecule has 2 nitrogen and oxygen atoms in total. The Morgan fingerprint density at radius 2 is 2.00 bits per heavy atom. The summed E-state index contributed by atoms with van der Waals surface area (Å²) in [6.45, 7) is 7.10. The molecule has 3 rings (SSSR count). The van der Waals surface area contributed by atoms with Crippen LogP contribution in [0.2, 0.25) is 0 Å². The highest BCUT2D eigenvalue weighted by molar-refractivity contribution is 5.55. The van der Waals surface area contributed by atoms with Gasteiger partial charge in [-0.2, -0.15) is 0 Å². The molecule has 0 atom stereocenters. The smallest absolute Gasteiger partial charge is 0.127 e. The van der Waals surface area contributed by atoms with E-state index in [1.54, 1.807) is 0 Å². The van der Waals surface area contributed by atoms with Gasteiger partial charge in [-0.05, 0) is 45.7 Å². The Morgan fingerprint density at radius 1 is 1.25 bits per heavy atom. The lowest BCUT2D eigenvalue weighted by Crippen LogP contribution is -2.24. The van der Waals surface area contributed by atoms with Gasteiger partial charge in [-0.3, -0.25) is 0 Å². The Balaban J connectivity index is 2.04. The average Bonchev–Trinajstić information content (AvgIpc) is 2.82. The van der Waals surface area contributed by atoms with Gasteiger partial charge in [0, 0.05) is 11.0 Å². The van der Waals surface area contributed by atoms with Crippen LogP contribution in [0.1, 0.15) is 39.2 Å². The topological polar surface area (TPSA) is 18.5 Å². The molecule has 0 unspecified atom stereocenters. The van der Waals surface area contributed by atoms with E-state index in [0.717, 1.165) is 18.1 Å². The molecule has 0 radical (unpaired) electrons. The SMILES string of the molecule is CC(C)(C)Oc1cccc2c1C1(CC1)CO2. The maximum absolute atomic E-state index is 6.04. The van der Waals surface area contributed by atoms with E-state index in [1.165, 1.54) is 18.4 Å². The van der Waals surface area contributed by atoms with Crippen molar-refractivity contribution in [2.24, 2.45) is 0 Å². The lowest BCUT2D eigenvalue weighted by molar-refractivity contribution is 0.129. The van der Waals surface area contributed by atoms with Gasteiger partial charge in [0.2, 0.25) is 0 Å². The number of benzene rings is 1. The van der Waals surface area contributed by atoms with E-state index in [-0.39, 0.29) is 11.0 Å². The minimum Gasteiger partial charge on any atom is -0.492 e. The molecule has 86 valence electrons. The average molecular weight is 218 g/mol. The first-order valence-electron chi connectivity index (χ1n) is 5.96. The van der Waals surface area contributed by atoms with Crippen LogP contribution >= 0.6 is 0 Å². The van der Waals surface area contributed by atoms with Gasteiger partial charge < -0.3 is 9.47 Å². The highest BCUT2D eigenvalue weighted by Crippen LogP contribution is 2.58. The molecule has 16 heavy (non-hydrogen) atoms. The van der Waals surface area contributed by atoms with Gasteiger partial charge in [0.1, 0.15) is 17.1 Å². The molecular formula is C14H18O2. The van der Waals surface area contributed by atoms with Crippen LogP contribution in [0.25, 0.3) is 0 Å². The van der Waals surface area contributed by atoms with Crippen LogP contribution in [0.3, 0.4) is 0 Å². The summed E-state index contributed by atoms with van der Waals surface area (Å²) in [7, 11) is 0. The maximum Gasteiger partial charge on any atom is 0.127 e. The Kier molecular flexibility index (Phi) is 1.84. The molecule has 1 aromatic rings. The first kappa shape index (κ1) is 10.0. The van der Waals surface area contributed by atoms with E-state index in [4.69, 9.17) is 9.47 Å². The van der Waals surface area contributed by atoms with Crippen molar-refractivity contribution in [3.8, 4) is 11.5 Å². The molecule has 0 aromatic heterocycles. The van der Waals surface area contributed by atoms with E-state index in [0.29, 0.717) is 0 Å². The normalized spacial score (nSPS) is 20.4. The standard InChI is InChI=1S/C14H18O2/c1-13(2,3)16-11-6-4-5-10-12(11)14(7-8-14)9-15-10/h4-6H,7-9H2,1-3H3. The fourth-order valence-electron chi connectivity index (χ4n) is 2.40. The number of ether oxygens (including phenoxy) is 2. The number of rotatable bonds is 1. The molecule has 1 aromatic carbocycles. The molecule has 1 saturated carbocycles. The Morgan fingerprint density at radius 3 is 2.62 bits per heavy atom. The monoisotopic (exact) mass is 218 g/mol. The van der Waals surface area contributed by atoms with Gasteiger partial charge in [-0.1, -0.05) is 6.07 Å². The lowest BCUT2D eigenvalue weighted by Gasteiger charge is -2.23. The zero-order valence-corrected chi connectivity index (χ0v) is 10.2. The van der Waals surface area contributed by atoms with Crippen molar-refractivity contribution < 1.29 is 9.47 Å². The van der Waals surface area contributed by atoms with E-state index in [9.17, 15) is 0 Å².